The Morgan fingerprint density at radius 2 is 2.20 bits per heavy atom. The van der Waals surface area contributed by atoms with Crippen LogP contribution in [0.5, 0.6) is 0 Å². The van der Waals surface area contributed by atoms with Crippen molar-refractivity contribution in [2.45, 2.75) is 6.92 Å². The lowest BCUT2D eigenvalue weighted by molar-refractivity contribution is 0.0520. The van der Waals surface area contributed by atoms with E-state index < -0.39 is 11.9 Å². The van der Waals surface area contributed by atoms with Gasteiger partial charge in [0.25, 0.3) is 5.91 Å². The number of carbonyl (C=O) groups excluding carboxylic acids is 2. The van der Waals surface area contributed by atoms with Gasteiger partial charge in [-0.3, -0.25) is 10.1 Å². The molecule has 0 aliphatic carbocycles. The summed E-state index contributed by atoms with van der Waals surface area (Å²) in [6, 6.07) is 1.48. The van der Waals surface area contributed by atoms with Gasteiger partial charge in [-0.25, -0.2) is 9.78 Å². The molecule has 0 bridgehead atoms. The highest BCUT2D eigenvalue weighted by atomic mass is 35.5. The van der Waals surface area contributed by atoms with Crippen LogP contribution in [-0.4, -0.2) is 23.5 Å². The number of aromatic nitrogens is 1. The van der Waals surface area contributed by atoms with E-state index in [1.54, 1.807) is 6.92 Å². The zero-order chi connectivity index (χ0) is 14.7. The maximum absolute atomic E-state index is 12.0. The van der Waals surface area contributed by atoms with Gasteiger partial charge in [-0.1, -0.05) is 23.2 Å². The number of amides is 1. The predicted octanol–water partition coefficient (Wildman–Crippen LogP) is 3.94. The molecular weight excluding hydrogens is 343 g/mol. The van der Waals surface area contributed by atoms with E-state index in [1.165, 1.54) is 11.4 Å². The third kappa shape index (κ3) is 3.49. The minimum Gasteiger partial charge on any atom is -0.461 e. The fourth-order valence-corrected chi connectivity index (χ4v) is 3.42. The Kier molecular flexibility index (Phi) is 4.98. The number of nitrogens with one attached hydrogen (secondary N) is 1. The van der Waals surface area contributed by atoms with E-state index in [4.69, 9.17) is 27.9 Å². The van der Waals surface area contributed by atoms with Crippen LogP contribution in [0.25, 0.3) is 0 Å². The fraction of sp³-hybridized carbons (Fsp3) is 0.182. The van der Waals surface area contributed by atoms with E-state index >= 15 is 0 Å². The molecule has 1 amide bonds. The number of hydrogen-bond acceptors (Lipinski definition) is 6. The van der Waals surface area contributed by atoms with Crippen LogP contribution in [0.2, 0.25) is 8.67 Å². The number of thiophene rings is 1. The monoisotopic (exact) mass is 350 g/mol. The minimum atomic E-state index is -0.527. The lowest BCUT2D eigenvalue weighted by atomic mass is 10.3. The summed E-state index contributed by atoms with van der Waals surface area (Å²) >= 11 is 13.9. The van der Waals surface area contributed by atoms with Crippen LogP contribution in [0.3, 0.4) is 0 Å². The molecule has 0 aliphatic rings. The van der Waals surface area contributed by atoms with E-state index in [1.807, 2.05) is 0 Å². The van der Waals surface area contributed by atoms with Crippen molar-refractivity contribution >= 4 is 62.9 Å². The highest BCUT2D eigenvalue weighted by Gasteiger charge is 2.17. The zero-order valence-electron chi connectivity index (χ0n) is 10.1. The maximum Gasteiger partial charge on any atom is 0.357 e. The molecule has 5 nitrogen and oxygen atoms in total. The SMILES string of the molecule is CCOC(=O)c1csc(NC(=O)c2cc(Cl)sc2Cl)n1. The third-order valence-corrected chi connectivity index (χ3v) is 4.36. The highest BCUT2D eigenvalue weighted by molar-refractivity contribution is 7.20. The number of hydrogen-bond donors (Lipinski definition) is 1. The summed E-state index contributed by atoms with van der Waals surface area (Å²) in [5, 5.41) is 4.35. The lowest BCUT2D eigenvalue weighted by Crippen LogP contribution is -2.12. The van der Waals surface area contributed by atoms with Gasteiger partial charge in [-0.2, -0.15) is 0 Å². The summed E-state index contributed by atoms with van der Waals surface area (Å²) in [6.07, 6.45) is 0. The number of rotatable bonds is 4. The molecule has 2 aromatic rings. The van der Waals surface area contributed by atoms with Gasteiger partial charge in [-0.05, 0) is 13.0 Å². The van der Waals surface area contributed by atoms with Crippen molar-refractivity contribution in [3.63, 3.8) is 0 Å². The summed E-state index contributed by atoms with van der Waals surface area (Å²) in [6.45, 7) is 1.97. The number of halogens is 2. The van der Waals surface area contributed by atoms with Gasteiger partial charge >= 0.3 is 5.97 Å². The number of nitrogens with zero attached hydrogens (tertiary/aromatic N) is 1. The second-order valence-electron chi connectivity index (χ2n) is 3.45. The first-order chi connectivity index (χ1) is 9.51. The van der Waals surface area contributed by atoms with Gasteiger partial charge in [0.2, 0.25) is 0 Å². The molecule has 0 fully saturated rings. The average molecular weight is 351 g/mol. The Morgan fingerprint density at radius 3 is 2.80 bits per heavy atom. The van der Waals surface area contributed by atoms with Crippen LogP contribution in [0.15, 0.2) is 11.4 Å². The molecule has 106 valence electrons. The van der Waals surface area contributed by atoms with Crippen molar-refractivity contribution in [1.82, 2.24) is 4.98 Å². The number of thiazole rings is 1. The molecule has 0 unspecified atom stereocenters. The smallest absolute Gasteiger partial charge is 0.357 e. The first-order valence-corrected chi connectivity index (χ1v) is 7.85. The second-order valence-corrected chi connectivity index (χ2v) is 6.59. The summed E-state index contributed by atoms with van der Waals surface area (Å²) in [7, 11) is 0. The van der Waals surface area contributed by atoms with E-state index in [0.717, 1.165) is 22.7 Å². The van der Waals surface area contributed by atoms with Gasteiger partial charge in [0.1, 0.15) is 4.34 Å². The van der Waals surface area contributed by atoms with Gasteiger partial charge in [0, 0.05) is 5.38 Å². The van der Waals surface area contributed by atoms with E-state index in [0.29, 0.717) is 8.67 Å². The molecule has 20 heavy (non-hydrogen) atoms. The maximum atomic E-state index is 12.0. The van der Waals surface area contributed by atoms with Gasteiger partial charge in [0.15, 0.2) is 10.8 Å². The van der Waals surface area contributed by atoms with Crippen molar-refractivity contribution in [3.8, 4) is 0 Å². The van der Waals surface area contributed by atoms with Crippen LogP contribution >= 0.6 is 45.9 Å². The number of anilines is 1. The summed E-state index contributed by atoms with van der Waals surface area (Å²) in [5.41, 5.74) is 0.427. The second kappa shape index (κ2) is 6.53. The molecular formula is C11H8Cl2N2O3S2. The van der Waals surface area contributed by atoms with Crippen molar-refractivity contribution < 1.29 is 14.3 Å². The molecule has 0 spiro atoms. The molecule has 1 N–H and O–H groups in total. The highest BCUT2D eigenvalue weighted by Crippen LogP contribution is 2.31. The van der Waals surface area contributed by atoms with Crippen molar-refractivity contribution in [2.24, 2.45) is 0 Å². The summed E-state index contributed by atoms with van der Waals surface area (Å²) in [5.74, 6) is -0.955. The van der Waals surface area contributed by atoms with Crippen molar-refractivity contribution in [3.05, 3.63) is 31.4 Å². The van der Waals surface area contributed by atoms with Crippen LogP contribution in [0, 0.1) is 0 Å². The van der Waals surface area contributed by atoms with E-state index in [9.17, 15) is 9.59 Å². The summed E-state index contributed by atoms with van der Waals surface area (Å²) < 4.78 is 5.53. The quantitative estimate of drug-likeness (QED) is 0.847. The van der Waals surface area contributed by atoms with Crippen molar-refractivity contribution in [1.29, 1.82) is 0 Å². The van der Waals surface area contributed by atoms with Crippen LogP contribution < -0.4 is 5.32 Å². The van der Waals surface area contributed by atoms with E-state index in [2.05, 4.69) is 10.3 Å². The molecule has 2 heterocycles. The standard InChI is InChI=1S/C11H8Cl2N2O3S2/c1-2-18-10(17)6-4-19-11(14-6)15-9(16)5-3-7(12)20-8(5)13/h3-4H,2H2,1H3,(H,14,15,16). The largest absolute Gasteiger partial charge is 0.461 e. The first kappa shape index (κ1) is 15.2. The molecule has 2 rings (SSSR count). The molecule has 0 aromatic carbocycles. The minimum absolute atomic E-state index is 0.154. The first-order valence-electron chi connectivity index (χ1n) is 5.40. The molecule has 0 radical (unpaired) electrons. The Morgan fingerprint density at radius 1 is 1.45 bits per heavy atom. The third-order valence-electron chi connectivity index (χ3n) is 2.11. The number of carbonyl (C=O) groups is 2. The Labute approximate surface area is 132 Å². The van der Waals surface area contributed by atoms with Crippen molar-refractivity contribution in [2.75, 3.05) is 11.9 Å². The van der Waals surface area contributed by atoms with Gasteiger partial charge in [-0.15, -0.1) is 22.7 Å². The lowest BCUT2D eigenvalue weighted by Gasteiger charge is -1.99. The Hall–Kier alpha value is -1.15. The molecule has 0 saturated carbocycles. The number of esters is 1. The average Bonchev–Trinajstić information content (AvgIpc) is 2.96. The van der Waals surface area contributed by atoms with Crippen LogP contribution in [0.1, 0.15) is 27.8 Å². The van der Waals surface area contributed by atoms with Crippen LogP contribution in [-0.2, 0) is 4.74 Å². The summed E-state index contributed by atoms with van der Waals surface area (Å²) in [4.78, 5) is 27.4. The topological polar surface area (TPSA) is 68.3 Å². The Balaban J connectivity index is 2.09. The fourth-order valence-electron chi connectivity index (χ4n) is 1.29. The van der Waals surface area contributed by atoms with Gasteiger partial charge in [0.05, 0.1) is 16.5 Å². The molecule has 0 aliphatic heterocycles. The molecule has 2 aromatic heterocycles. The normalized spacial score (nSPS) is 10.3. The molecule has 0 saturated heterocycles. The van der Waals surface area contributed by atoms with Gasteiger partial charge < -0.3 is 4.74 Å². The van der Waals surface area contributed by atoms with E-state index in [-0.39, 0.29) is 23.0 Å². The zero-order valence-corrected chi connectivity index (χ0v) is 13.3. The molecule has 0 atom stereocenters. The molecule has 9 heteroatoms. The number of ether oxygens (including phenoxy) is 1. The Bertz CT molecular complexity index is 654. The predicted molar refractivity (Wildman–Crippen MR) is 80.4 cm³/mol. The van der Waals surface area contributed by atoms with Crippen LogP contribution in [0.4, 0.5) is 5.13 Å².